The van der Waals surface area contributed by atoms with Crippen molar-refractivity contribution >= 4 is 12.6 Å². The van der Waals surface area contributed by atoms with Crippen LogP contribution in [-0.4, -0.2) is 24.7 Å². The minimum atomic E-state index is 0.353. The SMILES string of the molecule is Cc1ccc(C(CCS)N(C)C)o1. The van der Waals surface area contributed by atoms with Crippen LogP contribution in [0.2, 0.25) is 0 Å². The third-order valence-corrected chi connectivity index (χ3v) is 2.37. The van der Waals surface area contributed by atoms with Crippen LogP contribution in [0.3, 0.4) is 0 Å². The van der Waals surface area contributed by atoms with Gasteiger partial charge in [0.25, 0.3) is 0 Å². The molecule has 1 rings (SSSR count). The minimum absolute atomic E-state index is 0.353. The van der Waals surface area contributed by atoms with Gasteiger partial charge in [0.05, 0.1) is 6.04 Å². The summed E-state index contributed by atoms with van der Waals surface area (Å²) >= 11 is 4.24. The normalized spacial score (nSPS) is 13.6. The molecule has 2 nitrogen and oxygen atoms in total. The van der Waals surface area contributed by atoms with Crippen molar-refractivity contribution < 1.29 is 4.42 Å². The molecule has 0 aliphatic rings. The van der Waals surface area contributed by atoms with Crippen LogP contribution in [0.5, 0.6) is 0 Å². The van der Waals surface area contributed by atoms with Gasteiger partial charge in [0.2, 0.25) is 0 Å². The molecule has 74 valence electrons. The van der Waals surface area contributed by atoms with Gasteiger partial charge in [-0.05, 0) is 45.3 Å². The van der Waals surface area contributed by atoms with Crippen molar-refractivity contribution in [1.29, 1.82) is 0 Å². The molecule has 1 atom stereocenters. The fraction of sp³-hybridized carbons (Fsp3) is 0.600. The van der Waals surface area contributed by atoms with Crippen LogP contribution in [0.4, 0.5) is 0 Å². The Morgan fingerprint density at radius 2 is 2.15 bits per heavy atom. The summed E-state index contributed by atoms with van der Waals surface area (Å²) in [6.45, 7) is 1.97. The summed E-state index contributed by atoms with van der Waals surface area (Å²) in [5.74, 6) is 2.89. The smallest absolute Gasteiger partial charge is 0.121 e. The van der Waals surface area contributed by atoms with Crippen molar-refractivity contribution in [2.45, 2.75) is 19.4 Å². The zero-order valence-electron chi connectivity index (χ0n) is 8.45. The number of rotatable bonds is 4. The predicted octanol–water partition coefficient (Wildman–Crippen LogP) is 2.51. The van der Waals surface area contributed by atoms with Gasteiger partial charge in [-0.15, -0.1) is 0 Å². The summed E-state index contributed by atoms with van der Waals surface area (Å²) in [5.41, 5.74) is 0. The molecule has 0 bridgehead atoms. The molecule has 13 heavy (non-hydrogen) atoms. The summed E-state index contributed by atoms with van der Waals surface area (Å²) in [6, 6.07) is 4.40. The Kier molecular flexibility index (Phi) is 3.88. The Balaban J connectivity index is 2.75. The lowest BCUT2D eigenvalue weighted by Gasteiger charge is -2.21. The highest BCUT2D eigenvalue weighted by molar-refractivity contribution is 7.80. The minimum Gasteiger partial charge on any atom is -0.465 e. The monoisotopic (exact) mass is 199 g/mol. The summed E-state index contributed by atoms with van der Waals surface area (Å²) < 4.78 is 5.58. The van der Waals surface area contributed by atoms with Crippen molar-refractivity contribution in [1.82, 2.24) is 4.90 Å². The maximum absolute atomic E-state index is 5.58. The third-order valence-electron chi connectivity index (χ3n) is 2.12. The summed E-state index contributed by atoms with van der Waals surface area (Å²) in [6.07, 6.45) is 1.02. The number of nitrogens with zero attached hydrogens (tertiary/aromatic N) is 1. The van der Waals surface area contributed by atoms with E-state index >= 15 is 0 Å². The molecular weight excluding hydrogens is 182 g/mol. The topological polar surface area (TPSA) is 16.4 Å². The second-order valence-electron chi connectivity index (χ2n) is 3.44. The number of hydrogen-bond acceptors (Lipinski definition) is 3. The Labute approximate surface area is 85.3 Å². The molecule has 0 aliphatic carbocycles. The number of hydrogen-bond donors (Lipinski definition) is 1. The molecule has 1 heterocycles. The standard InChI is InChI=1S/C10H17NOS/c1-8-4-5-10(12-8)9(6-7-13)11(2)3/h4-5,9,13H,6-7H2,1-3H3. The van der Waals surface area contributed by atoms with Gasteiger partial charge in [-0.3, -0.25) is 4.90 Å². The van der Waals surface area contributed by atoms with Gasteiger partial charge in [0.1, 0.15) is 11.5 Å². The van der Waals surface area contributed by atoms with Gasteiger partial charge in [0, 0.05) is 0 Å². The van der Waals surface area contributed by atoms with Crippen molar-refractivity contribution in [2.75, 3.05) is 19.8 Å². The Morgan fingerprint density at radius 3 is 2.54 bits per heavy atom. The van der Waals surface area contributed by atoms with E-state index in [0.29, 0.717) is 6.04 Å². The predicted molar refractivity (Wildman–Crippen MR) is 58.3 cm³/mol. The largest absolute Gasteiger partial charge is 0.465 e. The number of thiol groups is 1. The lowest BCUT2D eigenvalue weighted by atomic mass is 10.1. The lowest BCUT2D eigenvalue weighted by Crippen LogP contribution is -2.19. The van der Waals surface area contributed by atoms with E-state index in [-0.39, 0.29) is 0 Å². The molecule has 0 aliphatic heterocycles. The molecule has 0 fully saturated rings. The fourth-order valence-corrected chi connectivity index (χ4v) is 1.65. The van der Waals surface area contributed by atoms with Crippen LogP contribution in [0, 0.1) is 6.92 Å². The summed E-state index contributed by atoms with van der Waals surface area (Å²) in [5, 5.41) is 0. The second-order valence-corrected chi connectivity index (χ2v) is 3.89. The van der Waals surface area contributed by atoms with E-state index in [1.54, 1.807) is 0 Å². The van der Waals surface area contributed by atoms with E-state index in [9.17, 15) is 0 Å². The van der Waals surface area contributed by atoms with Gasteiger partial charge >= 0.3 is 0 Å². The van der Waals surface area contributed by atoms with Crippen molar-refractivity contribution in [3.8, 4) is 0 Å². The zero-order chi connectivity index (χ0) is 9.84. The van der Waals surface area contributed by atoms with Gasteiger partial charge in [-0.25, -0.2) is 0 Å². The van der Waals surface area contributed by atoms with Gasteiger partial charge in [-0.1, -0.05) is 0 Å². The highest BCUT2D eigenvalue weighted by Crippen LogP contribution is 2.23. The summed E-state index contributed by atoms with van der Waals surface area (Å²) in [7, 11) is 4.12. The quantitative estimate of drug-likeness (QED) is 0.750. The third kappa shape index (κ3) is 2.78. The molecule has 1 aromatic heterocycles. The highest BCUT2D eigenvalue weighted by atomic mass is 32.1. The molecular formula is C10H17NOS. The first-order chi connectivity index (χ1) is 6.15. The average Bonchev–Trinajstić information content (AvgIpc) is 2.46. The molecule has 0 saturated heterocycles. The first-order valence-electron chi connectivity index (χ1n) is 4.48. The summed E-state index contributed by atoms with van der Waals surface area (Å²) in [4.78, 5) is 2.16. The molecule has 0 saturated carbocycles. The van der Waals surface area contributed by atoms with Crippen LogP contribution in [-0.2, 0) is 0 Å². The van der Waals surface area contributed by atoms with Crippen LogP contribution in [0.15, 0.2) is 16.5 Å². The molecule has 0 N–H and O–H groups in total. The van der Waals surface area contributed by atoms with Gasteiger partial charge in [0.15, 0.2) is 0 Å². The van der Waals surface area contributed by atoms with E-state index in [4.69, 9.17) is 4.42 Å². The first-order valence-corrected chi connectivity index (χ1v) is 5.12. The average molecular weight is 199 g/mol. The van der Waals surface area contributed by atoms with Crippen LogP contribution < -0.4 is 0 Å². The van der Waals surface area contributed by atoms with Crippen LogP contribution in [0.25, 0.3) is 0 Å². The van der Waals surface area contributed by atoms with Crippen LogP contribution in [0.1, 0.15) is 24.0 Å². The van der Waals surface area contributed by atoms with E-state index in [2.05, 4.69) is 31.6 Å². The lowest BCUT2D eigenvalue weighted by molar-refractivity contribution is 0.250. The maximum Gasteiger partial charge on any atom is 0.121 e. The maximum atomic E-state index is 5.58. The van der Waals surface area contributed by atoms with Crippen molar-refractivity contribution in [2.24, 2.45) is 0 Å². The van der Waals surface area contributed by atoms with E-state index in [1.165, 1.54) is 0 Å². The molecule has 0 aromatic carbocycles. The van der Waals surface area contributed by atoms with Gasteiger partial charge < -0.3 is 4.42 Å². The molecule has 3 heteroatoms. The molecule has 1 unspecified atom stereocenters. The second kappa shape index (κ2) is 4.72. The Morgan fingerprint density at radius 1 is 1.46 bits per heavy atom. The Hall–Kier alpha value is -0.410. The van der Waals surface area contributed by atoms with Crippen LogP contribution >= 0.6 is 12.6 Å². The fourth-order valence-electron chi connectivity index (χ4n) is 1.41. The van der Waals surface area contributed by atoms with Gasteiger partial charge in [-0.2, -0.15) is 12.6 Å². The number of furan rings is 1. The molecule has 0 radical (unpaired) electrons. The van der Waals surface area contributed by atoms with E-state index < -0.39 is 0 Å². The Bertz CT molecular complexity index is 257. The van der Waals surface area contributed by atoms with Crippen molar-refractivity contribution in [3.63, 3.8) is 0 Å². The zero-order valence-corrected chi connectivity index (χ0v) is 9.34. The number of aryl methyl sites for hydroxylation is 1. The highest BCUT2D eigenvalue weighted by Gasteiger charge is 2.16. The van der Waals surface area contributed by atoms with E-state index in [0.717, 1.165) is 23.7 Å². The van der Waals surface area contributed by atoms with E-state index in [1.807, 2.05) is 19.1 Å². The van der Waals surface area contributed by atoms with Crippen molar-refractivity contribution in [3.05, 3.63) is 23.7 Å². The molecule has 0 amide bonds. The first kappa shape index (κ1) is 10.7. The molecule has 1 aromatic rings. The molecule has 0 spiro atoms.